The van der Waals surface area contributed by atoms with Crippen LogP contribution in [-0.4, -0.2) is 36.5 Å². The predicted molar refractivity (Wildman–Crippen MR) is 87.3 cm³/mol. The lowest BCUT2D eigenvalue weighted by Crippen LogP contribution is -2.48. The molecule has 3 rings (SSSR count). The Morgan fingerprint density at radius 3 is 2.77 bits per heavy atom. The van der Waals surface area contributed by atoms with Gasteiger partial charge < -0.3 is 9.64 Å². The number of fused-ring (bicyclic) bond motifs is 1. The lowest BCUT2D eigenvalue weighted by molar-refractivity contribution is -0.147. The van der Waals surface area contributed by atoms with E-state index in [4.69, 9.17) is 4.74 Å². The fraction of sp³-hybridized carbons (Fsp3) is 0.412. The summed E-state index contributed by atoms with van der Waals surface area (Å²) in [6, 6.07) is 7.57. The Morgan fingerprint density at radius 2 is 2.05 bits per heavy atom. The lowest BCUT2D eigenvalue weighted by atomic mass is 10.0. The summed E-state index contributed by atoms with van der Waals surface area (Å²) in [5, 5.41) is 1.11. The highest BCUT2D eigenvalue weighted by Crippen LogP contribution is 2.32. The number of nitrogens with zero attached hydrogens (tertiary/aromatic N) is 1. The Kier molecular flexibility index (Phi) is 4.16. The van der Waals surface area contributed by atoms with Crippen LogP contribution in [0.2, 0.25) is 0 Å². The average molecular weight is 317 g/mol. The number of hydrogen-bond acceptors (Lipinski definition) is 4. The van der Waals surface area contributed by atoms with E-state index in [-0.39, 0.29) is 11.9 Å². The van der Waals surface area contributed by atoms with E-state index in [0.717, 1.165) is 33.4 Å². The molecule has 1 aliphatic heterocycles. The standard InChI is InChI=1S/C17H19NO3S/c1-11-12-7-3-4-9-14(12)22-15(11)16(19)18-10-6-5-8-13(18)17(20)21-2/h3-4,7,9,13H,5-6,8,10H2,1-2H3. The van der Waals surface area contributed by atoms with Crippen molar-refractivity contribution in [1.29, 1.82) is 0 Å². The van der Waals surface area contributed by atoms with Crippen LogP contribution >= 0.6 is 11.3 Å². The Labute approximate surface area is 133 Å². The first kappa shape index (κ1) is 15.0. The molecule has 0 spiro atoms. The third-order valence-corrected chi connectivity index (χ3v) is 5.54. The molecule has 1 unspecified atom stereocenters. The SMILES string of the molecule is COC(=O)C1CCCCN1C(=O)c1sc2ccccc2c1C. The number of carbonyl (C=O) groups excluding carboxylic acids is 2. The number of benzene rings is 1. The number of methoxy groups -OCH3 is 1. The number of hydrogen-bond donors (Lipinski definition) is 0. The van der Waals surface area contributed by atoms with E-state index >= 15 is 0 Å². The fourth-order valence-corrected chi connectivity index (χ4v) is 4.23. The van der Waals surface area contributed by atoms with Gasteiger partial charge in [-0.15, -0.1) is 11.3 Å². The van der Waals surface area contributed by atoms with E-state index in [1.807, 2.05) is 31.2 Å². The van der Waals surface area contributed by atoms with Gasteiger partial charge in [-0.1, -0.05) is 18.2 Å². The predicted octanol–water partition coefficient (Wildman–Crippen LogP) is 3.38. The molecule has 116 valence electrons. The van der Waals surface area contributed by atoms with Gasteiger partial charge in [0.2, 0.25) is 0 Å². The number of likely N-dealkylation sites (tertiary alicyclic amines) is 1. The molecule has 1 amide bonds. The molecule has 22 heavy (non-hydrogen) atoms. The van der Waals surface area contributed by atoms with Crippen LogP contribution in [0.5, 0.6) is 0 Å². The molecule has 1 aromatic heterocycles. The first-order chi connectivity index (χ1) is 10.6. The van der Waals surface area contributed by atoms with Gasteiger partial charge in [0, 0.05) is 11.2 Å². The van der Waals surface area contributed by atoms with Crippen LogP contribution in [0.3, 0.4) is 0 Å². The monoisotopic (exact) mass is 317 g/mol. The van der Waals surface area contributed by atoms with Crippen molar-refractivity contribution < 1.29 is 14.3 Å². The van der Waals surface area contributed by atoms with Crippen LogP contribution in [0, 0.1) is 6.92 Å². The van der Waals surface area contributed by atoms with Crippen LogP contribution in [0.15, 0.2) is 24.3 Å². The summed E-state index contributed by atoms with van der Waals surface area (Å²) in [6.07, 6.45) is 2.57. The second-order valence-electron chi connectivity index (χ2n) is 5.59. The van der Waals surface area contributed by atoms with Gasteiger partial charge in [-0.25, -0.2) is 4.79 Å². The van der Waals surface area contributed by atoms with Crippen molar-refractivity contribution in [2.24, 2.45) is 0 Å². The molecule has 1 aliphatic rings. The Bertz CT molecular complexity index is 722. The summed E-state index contributed by atoms with van der Waals surface area (Å²) < 4.78 is 5.97. The lowest BCUT2D eigenvalue weighted by Gasteiger charge is -2.33. The smallest absolute Gasteiger partial charge is 0.328 e. The number of rotatable bonds is 2. The summed E-state index contributed by atoms with van der Waals surface area (Å²) >= 11 is 1.50. The Morgan fingerprint density at radius 1 is 1.27 bits per heavy atom. The maximum absolute atomic E-state index is 12.9. The van der Waals surface area contributed by atoms with Gasteiger partial charge in [-0.2, -0.15) is 0 Å². The molecule has 1 saturated heterocycles. The van der Waals surface area contributed by atoms with Crippen molar-refractivity contribution in [3.63, 3.8) is 0 Å². The zero-order chi connectivity index (χ0) is 15.7. The zero-order valence-corrected chi connectivity index (χ0v) is 13.6. The maximum atomic E-state index is 12.9. The third kappa shape index (κ3) is 2.50. The van der Waals surface area contributed by atoms with Crippen molar-refractivity contribution in [3.05, 3.63) is 34.7 Å². The molecule has 5 heteroatoms. The number of piperidine rings is 1. The Balaban J connectivity index is 1.97. The van der Waals surface area contributed by atoms with E-state index in [1.54, 1.807) is 4.90 Å². The van der Waals surface area contributed by atoms with Crippen LogP contribution in [0.25, 0.3) is 10.1 Å². The van der Waals surface area contributed by atoms with Crippen LogP contribution in [-0.2, 0) is 9.53 Å². The zero-order valence-electron chi connectivity index (χ0n) is 12.8. The molecule has 1 fully saturated rings. The normalized spacial score (nSPS) is 18.5. The largest absolute Gasteiger partial charge is 0.467 e. The first-order valence-electron chi connectivity index (χ1n) is 7.50. The number of carbonyl (C=O) groups is 2. The van der Waals surface area contributed by atoms with Gasteiger partial charge in [0.1, 0.15) is 6.04 Å². The van der Waals surface area contributed by atoms with Crippen molar-refractivity contribution >= 4 is 33.3 Å². The first-order valence-corrected chi connectivity index (χ1v) is 8.32. The highest BCUT2D eigenvalue weighted by atomic mass is 32.1. The molecule has 0 saturated carbocycles. The molecule has 4 nitrogen and oxygen atoms in total. The van der Waals surface area contributed by atoms with Gasteiger partial charge in [0.25, 0.3) is 5.91 Å². The summed E-state index contributed by atoms with van der Waals surface area (Å²) in [5.41, 5.74) is 1.000. The van der Waals surface area contributed by atoms with Crippen LogP contribution < -0.4 is 0 Å². The molecule has 0 radical (unpaired) electrons. The minimum atomic E-state index is -0.448. The van der Waals surface area contributed by atoms with Gasteiger partial charge in [-0.3, -0.25) is 4.79 Å². The third-order valence-electron chi connectivity index (χ3n) is 4.27. The number of amides is 1. The van der Waals surface area contributed by atoms with Crippen molar-refractivity contribution in [3.8, 4) is 0 Å². The quantitative estimate of drug-likeness (QED) is 0.798. The maximum Gasteiger partial charge on any atom is 0.328 e. The number of thiophene rings is 1. The fourth-order valence-electron chi connectivity index (χ4n) is 3.06. The van der Waals surface area contributed by atoms with E-state index in [1.165, 1.54) is 18.4 Å². The summed E-state index contributed by atoms with van der Waals surface area (Å²) in [6.45, 7) is 2.59. The van der Waals surface area contributed by atoms with E-state index in [0.29, 0.717) is 13.0 Å². The molecular weight excluding hydrogens is 298 g/mol. The van der Waals surface area contributed by atoms with Crippen LogP contribution in [0.4, 0.5) is 0 Å². The van der Waals surface area contributed by atoms with Gasteiger partial charge >= 0.3 is 5.97 Å². The number of aryl methyl sites for hydroxylation is 1. The van der Waals surface area contributed by atoms with Crippen molar-refractivity contribution in [2.75, 3.05) is 13.7 Å². The van der Waals surface area contributed by atoms with Gasteiger partial charge in [-0.05, 0) is 43.2 Å². The van der Waals surface area contributed by atoms with E-state index in [9.17, 15) is 9.59 Å². The molecule has 0 N–H and O–H groups in total. The highest BCUT2D eigenvalue weighted by Gasteiger charge is 2.34. The summed E-state index contributed by atoms with van der Waals surface area (Å²) in [7, 11) is 1.38. The average Bonchev–Trinajstić information content (AvgIpc) is 2.91. The Hall–Kier alpha value is -1.88. The topological polar surface area (TPSA) is 46.6 Å². The molecule has 1 atom stereocenters. The van der Waals surface area contributed by atoms with Crippen molar-refractivity contribution in [2.45, 2.75) is 32.2 Å². The molecule has 0 aliphatic carbocycles. The molecule has 2 aromatic rings. The minimum Gasteiger partial charge on any atom is -0.467 e. The van der Waals surface area contributed by atoms with Gasteiger partial charge in [0.15, 0.2) is 0 Å². The van der Waals surface area contributed by atoms with E-state index < -0.39 is 6.04 Å². The minimum absolute atomic E-state index is 0.0474. The molecule has 1 aromatic carbocycles. The second-order valence-corrected chi connectivity index (χ2v) is 6.64. The molecule has 2 heterocycles. The molecule has 0 bridgehead atoms. The summed E-state index contributed by atoms with van der Waals surface area (Å²) in [4.78, 5) is 27.3. The molecular formula is C17H19NO3S. The van der Waals surface area contributed by atoms with E-state index in [2.05, 4.69) is 0 Å². The second kappa shape index (κ2) is 6.08. The van der Waals surface area contributed by atoms with Crippen molar-refractivity contribution in [1.82, 2.24) is 4.90 Å². The number of ether oxygens (including phenoxy) is 1. The number of esters is 1. The van der Waals surface area contributed by atoms with Crippen LogP contribution in [0.1, 0.15) is 34.5 Å². The summed E-state index contributed by atoms with van der Waals surface area (Å²) in [5.74, 6) is -0.361. The highest BCUT2D eigenvalue weighted by molar-refractivity contribution is 7.21. The van der Waals surface area contributed by atoms with Gasteiger partial charge in [0.05, 0.1) is 12.0 Å².